The Bertz CT molecular complexity index is 719. The molecule has 0 amide bonds. The molecule has 0 saturated carbocycles. The van der Waals surface area contributed by atoms with Gasteiger partial charge in [0.05, 0.1) is 0 Å². The third-order valence-electron chi connectivity index (χ3n) is 4.43. The number of benzene rings is 1. The summed E-state index contributed by atoms with van der Waals surface area (Å²) in [7, 11) is 1.71. The summed E-state index contributed by atoms with van der Waals surface area (Å²) in [6.07, 6.45) is 0.932. The fourth-order valence-corrected chi connectivity index (χ4v) is 3.26. The Morgan fingerprint density at radius 3 is 2.62 bits per heavy atom. The molecule has 3 rings (SSSR count). The summed E-state index contributed by atoms with van der Waals surface area (Å²) >= 11 is 6.12. The summed E-state index contributed by atoms with van der Waals surface area (Å²) in [5.41, 5.74) is 2.15. The Balaban J connectivity index is 1.61. The van der Waals surface area contributed by atoms with E-state index in [1.54, 1.807) is 7.11 Å². The second-order valence-corrected chi connectivity index (χ2v) is 6.85. The van der Waals surface area contributed by atoms with E-state index in [0.717, 1.165) is 62.3 Å². The predicted octanol–water partition coefficient (Wildman–Crippen LogP) is 3.21. The van der Waals surface area contributed by atoms with Gasteiger partial charge in [-0.25, -0.2) is 4.98 Å². The first-order chi connectivity index (χ1) is 12.7. The fraction of sp³-hybridized carbons (Fsp3) is 0.474. The van der Waals surface area contributed by atoms with Crippen LogP contribution in [0, 0.1) is 6.92 Å². The van der Waals surface area contributed by atoms with Crippen molar-refractivity contribution in [2.45, 2.75) is 13.3 Å². The number of anilines is 3. The van der Waals surface area contributed by atoms with Crippen LogP contribution in [0.4, 0.5) is 17.5 Å². The molecule has 7 heteroatoms. The van der Waals surface area contributed by atoms with Gasteiger partial charge in [0.15, 0.2) is 0 Å². The van der Waals surface area contributed by atoms with Crippen molar-refractivity contribution in [2.24, 2.45) is 0 Å². The summed E-state index contributed by atoms with van der Waals surface area (Å²) in [6, 6.07) is 10.1. The van der Waals surface area contributed by atoms with Crippen LogP contribution < -0.4 is 15.1 Å². The first-order valence-corrected chi connectivity index (χ1v) is 9.37. The minimum absolute atomic E-state index is 0.688. The number of hydrogen-bond donors (Lipinski definition) is 1. The molecule has 1 saturated heterocycles. The van der Waals surface area contributed by atoms with Crippen molar-refractivity contribution in [3.8, 4) is 0 Å². The molecule has 6 nitrogen and oxygen atoms in total. The average Bonchev–Trinajstić information content (AvgIpc) is 2.65. The normalized spacial score (nSPS) is 14.6. The van der Waals surface area contributed by atoms with Crippen LogP contribution >= 0.6 is 11.6 Å². The van der Waals surface area contributed by atoms with Crippen molar-refractivity contribution < 1.29 is 4.74 Å². The van der Waals surface area contributed by atoms with Gasteiger partial charge in [-0.3, -0.25) is 0 Å². The van der Waals surface area contributed by atoms with E-state index in [0.29, 0.717) is 5.95 Å². The lowest BCUT2D eigenvalue weighted by atomic mass is 10.2. The van der Waals surface area contributed by atoms with Gasteiger partial charge in [0.25, 0.3) is 0 Å². The number of hydrogen-bond acceptors (Lipinski definition) is 6. The number of rotatable bonds is 7. The average molecular weight is 376 g/mol. The molecule has 0 radical (unpaired) electrons. The van der Waals surface area contributed by atoms with Crippen LogP contribution in [0.25, 0.3) is 0 Å². The number of ether oxygens (including phenoxy) is 1. The van der Waals surface area contributed by atoms with Gasteiger partial charge >= 0.3 is 0 Å². The van der Waals surface area contributed by atoms with E-state index in [1.807, 2.05) is 25.1 Å². The number of methoxy groups -OCH3 is 1. The van der Waals surface area contributed by atoms with Gasteiger partial charge in [-0.2, -0.15) is 4.98 Å². The van der Waals surface area contributed by atoms with Crippen LogP contribution in [0.3, 0.4) is 0 Å². The smallest absolute Gasteiger partial charge is 0.224 e. The Morgan fingerprint density at radius 1 is 1.12 bits per heavy atom. The second-order valence-electron chi connectivity index (χ2n) is 6.42. The van der Waals surface area contributed by atoms with E-state index in [2.05, 4.69) is 32.2 Å². The molecule has 1 fully saturated rings. The monoisotopic (exact) mass is 375 g/mol. The molecule has 2 aromatic rings. The summed E-state index contributed by atoms with van der Waals surface area (Å²) in [4.78, 5) is 13.9. The summed E-state index contributed by atoms with van der Waals surface area (Å²) in [6.45, 7) is 7.28. The SMILES string of the molecule is COCCCNc1nc(C)cc(N2CCN(c3cccc(Cl)c3)CC2)n1. The molecule has 0 spiro atoms. The quantitative estimate of drug-likeness (QED) is 0.750. The number of aryl methyl sites for hydroxylation is 1. The van der Waals surface area contributed by atoms with Gasteiger partial charge in [-0.15, -0.1) is 0 Å². The summed E-state index contributed by atoms with van der Waals surface area (Å²) in [5.74, 6) is 1.67. The van der Waals surface area contributed by atoms with Crippen LogP contribution in [0.15, 0.2) is 30.3 Å². The molecule has 1 aromatic carbocycles. The zero-order chi connectivity index (χ0) is 18.4. The number of nitrogens with zero attached hydrogens (tertiary/aromatic N) is 4. The van der Waals surface area contributed by atoms with E-state index >= 15 is 0 Å². The van der Waals surface area contributed by atoms with Gasteiger partial charge < -0.3 is 19.9 Å². The molecule has 0 aliphatic carbocycles. The Labute approximate surface area is 160 Å². The number of piperazine rings is 1. The highest BCUT2D eigenvalue weighted by atomic mass is 35.5. The molecule has 0 unspecified atom stereocenters. The van der Waals surface area contributed by atoms with Crippen molar-refractivity contribution in [3.05, 3.63) is 41.0 Å². The molecule has 1 N–H and O–H groups in total. The van der Waals surface area contributed by atoms with E-state index < -0.39 is 0 Å². The number of halogens is 1. The third kappa shape index (κ3) is 4.99. The maximum absolute atomic E-state index is 6.12. The highest BCUT2D eigenvalue weighted by Gasteiger charge is 2.19. The molecule has 140 valence electrons. The molecule has 26 heavy (non-hydrogen) atoms. The van der Waals surface area contributed by atoms with Crippen molar-refractivity contribution >= 4 is 29.1 Å². The van der Waals surface area contributed by atoms with Crippen LogP contribution in [0.1, 0.15) is 12.1 Å². The zero-order valence-corrected chi connectivity index (χ0v) is 16.2. The Kier molecular flexibility index (Phi) is 6.52. The van der Waals surface area contributed by atoms with Crippen molar-refractivity contribution in [1.29, 1.82) is 0 Å². The lowest BCUT2D eigenvalue weighted by Crippen LogP contribution is -2.46. The molecule has 0 bridgehead atoms. The van der Waals surface area contributed by atoms with E-state index in [-0.39, 0.29) is 0 Å². The summed E-state index contributed by atoms with van der Waals surface area (Å²) < 4.78 is 5.07. The van der Waals surface area contributed by atoms with E-state index in [9.17, 15) is 0 Å². The Morgan fingerprint density at radius 2 is 1.88 bits per heavy atom. The minimum Gasteiger partial charge on any atom is -0.385 e. The first-order valence-electron chi connectivity index (χ1n) is 8.99. The number of aromatic nitrogens is 2. The molecule has 1 aliphatic rings. The van der Waals surface area contributed by atoms with Crippen LogP contribution in [0.5, 0.6) is 0 Å². The molecule has 2 heterocycles. The first kappa shape index (κ1) is 18.7. The lowest BCUT2D eigenvalue weighted by molar-refractivity contribution is 0.197. The highest BCUT2D eigenvalue weighted by molar-refractivity contribution is 6.30. The summed E-state index contributed by atoms with van der Waals surface area (Å²) in [5, 5.41) is 4.06. The lowest BCUT2D eigenvalue weighted by Gasteiger charge is -2.37. The van der Waals surface area contributed by atoms with Gasteiger partial charge in [0.2, 0.25) is 5.95 Å². The van der Waals surface area contributed by atoms with Crippen LogP contribution in [-0.2, 0) is 4.74 Å². The van der Waals surface area contributed by atoms with Crippen LogP contribution in [0.2, 0.25) is 5.02 Å². The maximum atomic E-state index is 6.12. The van der Waals surface area contributed by atoms with E-state index in [4.69, 9.17) is 21.3 Å². The van der Waals surface area contributed by atoms with Gasteiger partial charge in [-0.05, 0) is 31.5 Å². The third-order valence-corrected chi connectivity index (χ3v) is 4.66. The molecule has 1 aliphatic heterocycles. The fourth-order valence-electron chi connectivity index (χ4n) is 3.08. The van der Waals surface area contributed by atoms with Gasteiger partial charge in [0.1, 0.15) is 5.82 Å². The van der Waals surface area contributed by atoms with Crippen molar-refractivity contribution in [3.63, 3.8) is 0 Å². The highest BCUT2D eigenvalue weighted by Crippen LogP contribution is 2.23. The second kappa shape index (κ2) is 9.05. The molecular weight excluding hydrogens is 350 g/mol. The van der Waals surface area contributed by atoms with Crippen molar-refractivity contribution in [2.75, 3.05) is 61.6 Å². The van der Waals surface area contributed by atoms with Gasteiger partial charge in [-0.1, -0.05) is 17.7 Å². The molecule has 0 atom stereocenters. The standard InChI is InChI=1S/C19H26ClN5O/c1-15-13-18(23-19(22-15)21-7-4-12-26-2)25-10-8-24(9-11-25)17-6-3-5-16(20)14-17/h3,5-6,13-14H,4,7-12H2,1-2H3,(H,21,22,23). The number of nitrogens with one attached hydrogen (secondary N) is 1. The predicted molar refractivity (Wildman–Crippen MR) is 108 cm³/mol. The largest absolute Gasteiger partial charge is 0.385 e. The van der Waals surface area contributed by atoms with Crippen LogP contribution in [-0.4, -0.2) is 56.4 Å². The van der Waals surface area contributed by atoms with E-state index in [1.165, 1.54) is 5.69 Å². The minimum atomic E-state index is 0.688. The topological polar surface area (TPSA) is 53.5 Å². The Hall–Kier alpha value is -2.05. The van der Waals surface area contributed by atoms with Crippen molar-refractivity contribution in [1.82, 2.24) is 9.97 Å². The molecular formula is C19H26ClN5O. The van der Waals surface area contributed by atoms with Gasteiger partial charge in [0, 0.05) is 68.9 Å². The molecule has 1 aromatic heterocycles. The zero-order valence-electron chi connectivity index (χ0n) is 15.4. The maximum Gasteiger partial charge on any atom is 0.224 e.